The molecule has 19 heavy (non-hydrogen) atoms. The molecule has 2 aromatic rings. The molecule has 7 heteroatoms. The van der Waals surface area contributed by atoms with Gasteiger partial charge in [-0.2, -0.15) is 5.10 Å². The van der Waals surface area contributed by atoms with E-state index in [9.17, 15) is 9.59 Å². The molecule has 0 atom stereocenters. The number of aromatic nitrogens is 2. The summed E-state index contributed by atoms with van der Waals surface area (Å²) < 4.78 is 1.39. The van der Waals surface area contributed by atoms with Gasteiger partial charge in [0.1, 0.15) is 11.4 Å². The Labute approximate surface area is 108 Å². The van der Waals surface area contributed by atoms with Gasteiger partial charge in [0.25, 0.3) is 5.91 Å². The minimum absolute atomic E-state index is 0.152. The number of nitrogens with zero attached hydrogens (tertiary/aromatic N) is 2. The van der Waals surface area contributed by atoms with Crippen molar-refractivity contribution >= 4 is 23.4 Å². The summed E-state index contributed by atoms with van der Waals surface area (Å²) in [6, 6.07) is 5.83. The van der Waals surface area contributed by atoms with Crippen LogP contribution in [0.3, 0.4) is 0 Å². The first-order valence-electron chi connectivity index (χ1n) is 5.41. The topological polar surface area (TPSA) is 110 Å². The van der Waals surface area contributed by atoms with Crippen LogP contribution in [0.5, 0.6) is 0 Å². The van der Waals surface area contributed by atoms with E-state index in [1.54, 1.807) is 7.05 Å². The molecule has 2 rings (SSSR count). The van der Waals surface area contributed by atoms with Crippen molar-refractivity contribution in [3.8, 4) is 0 Å². The molecule has 0 aliphatic carbocycles. The summed E-state index contributed by atoms with van der Waals surface area (Å²) >= 11 is 0. The molecule has 1 amide bonds. The van der Waals surface area contributed by atoms with Gasteiger partial charge < -0.3 is 16.2 Å². The highest BCUT2D eigenvalue weighted by Gasteiger charge is 2.13. The molecule has 0 spiro atoms. The first-order valence-corrected chi connectivity index (χ1v) is 5.41. The Bertz CT molecular complexity index is 631. The zero-order valence-corrected chi connectivity index (χ0v) is 10.1. The fraction of sp³-hybridized carbons (Fsp3) is 0.0833. The van der Waals surface area contributed by atoms with Crippen LogP contribution in [0.2, 0.25) is 0 Å². The van der Waals surface area contributed by atoms with E-state index in [4.69, 9.17) is 10.8 Å². The normalized spacial score (nSPS) is 10.2. The van der Waals surface area contributed by atoms with Crippen molar-refractivity contribution in [3.63, 3.8) is 0 Å². The molecule has 0 saturated carbocycles. The van der Waals surface area contributed by atoms with E-state index in [0.29, 0.717) is 5.69 Å². The Kier molecular flexibility index (Phi) is 3.19. The molecule has 0 fully saturated rings. The predicted molar refractivity (Wildman–Crippen MR) is 69.0 cm³/mol. The SMILES string of the molecule is Cn1ncc(C(=O)Nc2ccc(C(=O)O)cc2)c1N. The number of anilines is 2. The second-order valence-electron chi connectivity index (χ2n) is 3.90. The van der Waals surface area contributed by atoms with Gasteiger partial charge in [-0.25, -0.2) is 4.79 Å². The molecule has 0 unspecified atom stereocenters. The third-order valence-electron chi connectivity index (χ3n) is 2.62. The summed E-state index contributed by atoms with van der Waals surface area (Å²) in [5.41, 5.74) is 6.59. The van der Waals surface area contributed by atoms with Gasteiger partial charge in [-0.1, -0.05) is 0 Å². The Balaban J connectivity index is 2.15. The number of carboxylic acid groups (broad SMARTS) is 1. The first kappa shape index (κ1) is 12.6. The van der Waals surface area contributed by atoms with Crippen LogP contribution in [-0.4, -0.2) is 26.8 Å². The summed E-state index contributed by atoms with van der Waals surface area (Å²) in [5, 5.41) is 15.2. The Morgan fingerprint density at radius 1 is 1.32 bits per heavy atom. The zero-order valence-electron chi connectivity index (χ0n) is 10.1. The number of amides is 1. The lowest BCUT2D eigenvalue weighted by molar-refractivity contribution is 0.0696. The van der Waals surface area contributed by atoms with Crippen molar-refractivity contribution < 1.29 is 14.7 Å². The fourth-order valence-electron chi connectivity index (χ4n) is 1.52. The van der Waals surface area contributed by atoms with Crippen LogP contribution in [0.25, 0.3) is 0 Å². The highest BCUT2D eigenvalue weighted by atomic mass is 16.4. The number of carbonyl (C=O) groups excluding carboxylic acids is 1. The number of nitrogens with two attached hydrogens (primary N) is 1. The molecule has 1 heterocycles. The molecule has 98 valence electrons. The molecule has 0 aliphatic heterocycles. The minimum Gasteiger partial charge on any atom is -0.478 e. The number of rotatable bonds is 3. The minimum atomic E-state index is -1.02. The molecule has 0 aliphatic rings. The van der Waals surface area contributed by atoms with Gasteiger partial charge >= 0.3 is 5.97 Å². The largest absolute Gasteiger partial charge is 0.478 e. The van der Waals surface area contributed by atoms with Gasteiger partial charge in [0.15, 0.2) is 0 Å². The lowest BCUT2D eigenvalue weighted by Gasteiger charge is -2.05. The lowest BCUT2D eigenvalue weighted by atomic mass is 10.2. The molecular formula is C12H12N4O3. The smallest absolute Gasteiger partial charge is 0.335 e. The van der Waals surface area contributed by atoms with Crippen molar-refractivity contribution in [1.82, 2.24) is 9.78 Å². The number of carbonyl (C=O) groups is 2. The van der Waals surface area contributed by atoms with Crippen LogP contribution in [0, 0.1) is 0 Å². The third-order valence-corrected chi connectivity index (χ3v) is 2.62. The maximum Gasteiger partial charge on any atom is 0.335 e. The van der Waals surface area contributed by atoms with E-state index >= 15 is 0 Å². The summed E-state index contributed by atoms with van der Waals surface area (Å²) in [5.74, 6) is -1.15. The quantitative estimate of drug-likeness (QED) is 0.761. The van der Waals surface area contributed by atoms with Crippen LogP contribution in [0.1, 0.15) is 20.7 Å². The first-order chi connectivity index (χ1) is 8.99. The van der Waals surface area contributed by atoms with Gasteiger partial charge in [0.05, 0.1) is 11.8 Å². The van der Waals surface area contributed by atoms with E-state index in [1.165, 1.54) is 35.1 Å². The molecule has 1 aromatic carbocycles. The van der Waals surface area contributed by atoms with Crippen LogP contribution >= 0.6 is 0 Å². The molecule has 0 radical (unpaired) electrons. The van der Waals surface area contributed by atoms with Gasteiger partial charge in [-0.05, 0) is 24.3 Å². The van der Waals surface area contributed by atoms with Crippen molar-refractivity contribution in [2.45, 2.75) is 0 Å². The average molecular weight is 260 g/mol. The van der Waals surface area contributed by atoms with Crippen molar-refractivity contribution in [3.05, 3.63) is 41.6 Å². The van der Waals surface area contributed by atoms with Crippen LogP contribution in [0.4, 0.5) is 11.5 Å². The van der Waals surface area contributed by atoms with Crippen LogP contribution in [-0.2, 0) is 7.05 Å². The van der Waals surface area contributed by atoms with Gasteiger partial charge in [-0.15, -0.1) is 0 Å². The average Bonchev–Trinajstić information content (AvgIpc) is 2.70. The van der Waals surface area contributed by atoms with Gasteiger partial charge in [0.2, 0.25) is 0 Å². The number of nitrogens with one attached hydrogen (secondary N) is 1. The van der Waals surface area contributed by atoms with Crippen LogP contribution in [0.15, 0.2) is 30.5 Å². The number of nitrogen functional groups attached to an aromatic ring is 1. The maximum absolute atomic E-state index is 11.9. The molecule has 1 aromatic heterocycles. The van der Waals surface area contributed by atoms with Gasteiger partial charge in [-0.3, -0.25) is 9.48 Å². The lowest BCUT2D eigenvalue weighted by Crippen LogP contribution is -2.13. The standard InChI is InChI=1S/C12H12N4O3/c1-16-10(13)9(6-14-16)11(17)15-8-4-2-7(3-5-8)12(18)19/h2-6H,13H2,1H3,(H,15,17)(H,18,19). The molecular weight excluding hydrogens is 248 g/mol. The Morgan fingerprint density at radius 2 is 1.95 bits per heavy atom. The molecule has 0 bridgehead atoms. The number of carboxylic acids is 1. The predicted octanol–water partition coefficient (Wildman–Crippen LogP) is 0.953. The Morgan fingerprint density at radius 3 is 2.42 bits per heavy atom. The number of hydrogen-bond donors (Lipinski definition) is 3. The number of aryl methyl sites for hydroxylation is 1. The van der Waals surface area contributed by atoms with E-state index in [0.717, 1.165) is 0 Å². The molecule has 4 N–H and O–H groups in total. The number of aromatic carboxylic acids is 1. The number of hydrogen-bond acceptors (Lipinski definition) is 4. The second kappa shape index (κ2) is 4.81. The monoisotopic (exact) mass is 260 g/mol. The highest BCUT2D eigenvalue weighted by molar-refractivity contribution is 6.07. The summed E-state index contributed by atoms with van der Waals surface area (Å²) in [4.78, 5) is 22.6. The van der Waals surface area contributed by atoms with E-state index < -0.39 is 11.9 Å². The summed E-state index contributed by atoms with van der Waals surface area (Å²) in [6.45, 7) is 0. The van der Waals surface area contributed by atoms with E-state index in [-0.39, 0.29) is 16.9 Å². The second-order valence-corrected chi connectivity index (χ2v) is 3.90. The van der Waals surface area contributed by atoms with Crippen LogP contribution < -0.4 is 11.1 Å². The van der Waals surface area contributed by atoms with E-state index in [2.05, 4.69) is 10.4 Å². The fourth-order valence-corrected chi connectivity index (χ4v) is 1.52. The highest BCUT2D eigenvalue weighted by Crippen LogP contribution is 2.14. The molecule has 0 saturated heterocycles. The zero-order chi connectivity index (χ0) is 14.0. The maximum atomic E-state index is 11.9. The van der Waals surface area contributed by atoms with E-state index in [1.807, 2.05) is 0 Å². The summed E-state index contributed by atoms with van der Waals surface area (Å²) in [6.07, 6.45) is 1.37. The summed E-state index contributed by atoms with van der Waals surface area (Å²) in [7, 11) is 1.63. The molecule has 7 nitrogen and oxygen atoms in total. The van der Waals surface area contributed by atoms with Crippen molar-refractivity contribution in [2.24, 2.45) is 7.05 Å². The van der Waals surface area contributed by atoms with Crippen molar-refractivity contribution in [2.75, 3.05) is 11.1 Å². The Hall–Kier alpha value is -2.83. The van der Waals surface area contributed by atoms with Crippen molar-refractivity contribution in [1.29, 1.82) is 0 Å². The number of benzene rings is 1. The van der Waals surface area contributed by atoms with Gasteiger partial charge in [0, 0.05) is 12.7 Å². The third kappa shape index (κ3) is 2.54.